The predicted octanol–water partition coefficient (Wildman–Crippen LogP) is 3.08. The van der Waals surface area contributed by atoms with Gasteiger partial charge in [0.15, 0.2) is 0 Å². The van der Waals surface area contributed by atoms with Gasteiger partial charge in [0, 0.05) is 24.5 Å². The third-order valence-corrected chi connectivity index (χ3v) is 4.35. The van der Waals surface area contributed by atoms with Gasteiger partial charge in [-0.3, -0.25) is 4.79 Å². The zero-order valence-electron chi connectivity index (χ0n) is 12.1. The van der Waals surface area contributed by atoms with E-state index < -0.39 is 0 Å². The van der Waals surface area contributed by atoms with Crippen LogP contribution in [0, 0.1) is 5.92 Å². The second-order valence-corrected chi connectivity index (χ2v) is 5.80. The monoisotopic (exact) mass is 294 g/mol. The average Bonchev–Trinajstić information content (AvgIpc) is 2.97. The van der Waals surface area contributed by atoms with E-state index in [9.17, 15) is 4.79 Å². The van der Waals surface area contributed by atoms with Crippen molar-refractivity contribution in [2.24, 2.45) is 5.92 Å². The SMILES string of the molecule is CCN(Cc1ccccc1Cl)C(=O)CCC1CCNC1. The van der Waals surface area contributed by atoms with Gasteiger partial charge >= 0.3 is 0 Å². The first kappa shape index (κ1) is 15.3. The van der Waals surface area contributed by atoms with Gasteiger partial charge in [-0.15, -0.1) is 0 Å². The molecule has 1 amide bonds. The van der Waals surface area contributed by atoms with E-state index >= 15 is 0 Å². The van der Waals surface area contributed by atoms with Gasteiger partial charge in [-0.05, 0) is 50.4 Å². The molecule has 0 radical (unpaired) electrons. The Hall–Kier alpha value is -1.06. The van der Waals surface area contributed by atoms with Crippen LogP contribution in [-0.2, 0) is 11.3 Å². The van der Waals surface area contributed by atoms with Gasteiger partial charge in [0.05, 0.1) is 0 Å². The molecular formula is C16H23ClN2O. The molecule has 0 saturated carbocycles. The third kappa shape index (κ3) is 4.22. The number of nitrogens with one attached hydrogen (secondary N) is 1. The first-order valence-electron chi connectivity index (χ1n) is 7.42. The average molecular weight is 295 g/mol. The normalized spacial score (nSPS) is 18.2. The summed E-state index contributed by atoms with van der Waals surface area (Å²) in [6.45, 7) is 5.51. The van der Waals surface area contributed by atoms with Gasteiger partial charge in [0.2, 0.25) is 5.91 Å². The lowest BCUT2D eigenvalue weighted by molar-refractivity contribution is -0.131. The molecule has 2 rings (SSSR count). The van der Waals surface area contributed by atoms with E-state index in [0.29, 0.717) is 18.9 Å². The number of rotatable bonds is 6. The van der Waals surface area contributed by atoms with Crippen LogP contribution in [0.3, 0.4) is 0 Å². The molecule has 1 unspecified atom stereocenters. The maximum atomic E-state index is 12.3. The summed E-state index contributed by atoms with van der Waals surface area (Å²) < 4.78 is 0. The molecular weight excluding hydrogens is 272 g/mol. The van der Waals surface area contributed by atoms with Crippen molar-refractivity contribution in [3.8, 4) is 0 Å². The number of benzene rings is 1. The molecule has 1 aromatic rings. The van der Waals surface area contributed by atoms with E-state index in [2.05, 4.69) is 5.32 Å². The Labute approximate surface area is 126 Å². The maximum Gasteiger partial charge on any atom is 0.222 e. The lowest BCUT2D eigenvalue weighted by Gasteiger charge is -2.22. The quantitative estimate of drug-likeness (QED) is 0.874. The van der Waals surface area contributed by atoms with Crippen molar-refractivity contribution in [3.63, 3.8) is 0 Å². The van der Waals surface area contributed by atoms with Gasteiger partial charge in [-0.2, -0.15) is 0 Å². The molecule has 1 aliphatic heterocycles. The lowest BCUT2D eigenvalue weighted by atomic mass is 10.0. The van der Waals surface area contributed by atoms with Crippen LogP contribution in [0.1, 0.15) is 31.7 Å². The first-order chi connectivity index (χ1) is 9.70. The Morgan fingerprint density at radius 1 is 1.45 bits per heavy atom. The van der Waals surface area contributed by atoms with Crippen LogP contribution in [0.2, 0.25) is 5.02 Å². The highest BCUT2D eigenvalue weighted by molar-refractivity contribution is 6.31. The molecule has 1 heterocycles. The van der Waals surface area contributed by atoms with Gasteiger partial charge < -0.3 is 10.2 Å². The summed E-state index contributed by atoms with van der Waals surface area (Å²) in [5, 5.41) is 4.08. The maximum absolute atomic E-state index is 12.3. The van der Waals surface area contributed by atoms with Crippen LogP contribution in [0.4, 0.5) is 0 Å². The minimum atomic E-state index is 0.235. The molecule has 110 valence electrons. The zero-order chi connectivity index (χ0) is 14.4. The van der Waals surface area contributed by atoms with Gasteiger partial charge in [0.25, 0.3) is 0 Å². The number of nitrogens with zero attached hydrogens (tertiary/aromatic N) is 1. The van der Waals surface area contributed by atoms with Gasteiger partial charge in [0.1, 0.15) is 0 Å². The molecule has 3 nitrogen and oxygen atoms in total. The molecule has 0 aromatic heterocycles. The smallest absolute Gasteiger partial charge is 0.222 e. The summed E-state index contributed by atoms with van der Waals surface area (Å²) in [6.07, 6.45) is 2.83. The number of amides is 1. The van der Waals surface area contributed by atoms with Crippen molar-refractivity contribution < 1.29 is 4.79 Å². The summed E-state index contributed by atoms with van der Waals surface area (Å²) in [4.78, 5) is 14.2. The van der Waals surface area contributed by atoms with Crippen LogP contribution < -0.4 is 5.32 Å². The Morgan fingerprint density at radius 3 is 2.90 bits per heavy atom. The fraction of sp³-hybridized carbons (Fsp3) is 0.562. The van der Waals surface area contributed by atoms with E-state index in [1.165, 1.54) is 6.42 Å². The Balaban J connectivity index is 1.87. The minimum Gasteiger partial charge on any atom is -0.339 e. The molecule has 1 atom stereocenters. The van der Waals surface area contributed by atoms with Crippen LogP contribution >= 0.6 is 11.6 Å². The summed E-state index contributed by atoms with van der Waals surface area (Å²) in [6, 6.07) is 7.74. The van der Waals surface area contributed by atoms with Gasteiger partial charge in [-0.1, -0.05) is 29.8 Å². The predicted molar refractivity (Wildman–Crippen MR) is 82.8 cm³/mol. The molecule has 1 saturated heterocycles. The highest BCUT2D eigenvalue weighted by atomic mass is 35.5. The standard InChI is InChI=1S/C16H23ClN2O/c1-2-19(12-14-5-3-4-6-15(14)17)16(20)8-7-13-9-10-18-11-13/h3-6,13,18H,2,7-12H2,1H3. The molecule has 0 bridgehead atoms. The Kier molecular flexibility index (Phi) is 5.86. The molecule has 1 aromatic carbocycles. The zero-order valence-corrected chi connectivity index (χ0v) is 12.8. The fourth-order valence-corrected chi connectivity index (χ4v) is 2.85. The second kappa shape index (κ2) is 7.65. The van der Waals surface area contributed by atoms with Crippen molar-refractivity contribution >= 4 is 17.5 Å². The van der Waals surface area contributed by atoms with Crippen molar-refractivity contribution in [1.82, 2.24) is 10.2 Å². The van der Waals surface area contributed by atoms with E-state index in [-0.39, 0.29) is 5.91 Å². The molecule has 20 heavy (non-hydrogen) atoms. The topological polar surface area (TPSA) is 32.3 Å². The first-order valence-corrected chi connectivity index (χ1v) is 7.80. The lowest BCUT2D eigenvalue weighted by Crippen LogP contribution is -2.30. The van der Waals surface area contributed by atoms with Crippen molar-refractivity contribution in [3.05, 3.63) is 34.9 Å². The third-order valence-electron chi connectivity index (χ3n) is 3.98. The number of carbonyl (C=O) groups is 1. The fourth-order valence-electron chi connectivity index (χ4n) is 2.66. The van der Waals surface area contributed by atoms with Crippen LogP contribution in [0.5, 0.6) is 0 Å². The summed E-state index contributed by atoms with van der Waals surface area (Å²) in [5.74, 6) is 0.900. The Bertz CT molecular complexity index is 444. The van der Waals surface area contributed by atoms with E-state index in [1.54, 1.807) is 0 Å². The molecule has 0 spiro atoms. The highest BCUT2D eigenvalue weighted by Crippen LogP contribution is 2.19. The molecule has 1 fully saturated rings. The van der Waals surface area contributed by atoms with Gasteiger partial charge in [-0.25, -0.2) is 0 Å². The van der Waals surface area contributed by atoms with Crippen molar-refractivity contribution in [1.29, 1.82) is 0 Å². The molecule has 0 aliphatic carbocycles. The minimum absolute atomic E-state index is 0.235. The molecule has 1 N–H and O–H groups in total. The largest absolute Gasteiger partial charge is 0.339 e. The van der Waals surface area contributed by atoms with Crippen molar-refractivity contribution in [2.75, 3.05) is 19.6 Å². The van der Waals surface area contributed by atoms with Crippen LogP contribution in [0.25, 0.3) is 0 Å². The number of hydrogen-bond donors (Lipinski definition) is 1. The summed E-state index contributed by atoms with van der Waals surface area (Å²) in [7, 11) is 0. The number of hydrogen-bond acceptors (Lipinski definition) is 2. The molecule has 1 aliphatic rings. The van der Waals surface area contributed by atoms with Crippen molar-refractivity contribution in [2.45, 2.75) is 32.7 Å². The second-order valence-electron chi connectivity index (χ2n) is 5.40. The number of carbonyl (C=O) groups excluding carboxylic acids is 1. The molecule has 4 heteroatoms. The van der Waals surface area contributed by atoms with E-state index in [0.717, 1.165) is 36.6 Å². The summed E-state index contributed by atoms with van der Waals surface area (Å²) in [5.41, 5.74) is 1.02. The van der Waals surface area contributed by atoms with Crippen LogP contribution in [0.15, 0.2) is 24.3 Å². The number of halogens is 1. The van der Waals surface area contributed by atoms with Crippen LogP contribution in [-0.4, -0.2) is 30.4 Å². The van der Waals surface area contributed by atoms with E-state index in [1.807, 2.05) is 36.1 Å². The van der Waals surface area contributed by atoms with E-state index in [4.69, 9.17) is 11.6 Å². The summed E-state index contributed by atoms with van der Waals surface area (Å²) >= 11 is 6.16. The Morgan fingerprint density at radius 2 is 2.25 bits per heavy atom. The highest BCUT2D eigenvalue weighted by Gasteiger charge is 2.18.